The minimum atomic E-state index is -0.670. The Morgan fingerprint density at radius 2 is 2.13 bits per heavy atom. The fourth-order valence-corrected chi connectivity index (χ4v) is 2.15. The molecule has 6 nitrogen and oxygen atoms in total. The zero-order chi connectivity index (χ0) is 16.2. The number of halogens is 1. The molecule has 1 unspecified atom stereocenters. The van der Waals surface area contributed by atoms with Crippen molar-refractivity contribution in [1.29, 1.82) is 0 Å². The quantitative estimate of drug-likeness (QED) is 0.755. The Hall–Kier alpha value is -2.93. The fourth-order valence-electron chi connectivity index (χ4n) is 2.15. The number of nitrogens with zero attached hydrogens (tertiary/aromatic N) is 2. The predicted octanol–water partition coefficient (Wildman–Crippen LogP) is 2.07. The van der Waals surface area contributed by atoms with E-state index in [0.717, 1.165) is 0 Å². The number of rotatable bonds is 5. The molecule has 0 bridgehead atoms. The Bertz CT molecular complexity index is 799. The van der Waals surface area contributed by atoms with Crippen LogP contribution in [0.3, 0.4) is 0 Å². The van der Waals surface area contributed by atoms with Gasteiger partial charge in [0.05, 0.1) is 12.9 Å². The van der Waals surface area contributed by atoms with Crippen LogP contribution in [0.5, 0.6) is 0 Å². The van der Waals surface area contributed by atoms with Crippen molar-refractivity contribution < 1.29 is 18.7 Å². The minimum absolute atomic E-state index is 0.109. The zero-order valence-electron chi connectivity index (χ0n) is 12.0. The number of hydrogen-bond acceptors (Lipinski definition) is 4. The summed E-state index contributed by atoms with van der Waals surface area (Å²) in [6.45, 7) is -0.312. The first-order valence-corrected chi connectivity index (χ1v) is 6.94. The van der Waals surface area contributed by atoms with Crippen LogP contribution in [0, 0.1) is 5.82 Å². The molecule has 3 rings (SSSR count). The van der Waals surface area contributed by atoms with E-state index in [0.29, 0.717) is 5.76 Å². The normalized spacial score (nSPS) is 12.1. The Morgan fingerprint density at radius 1 is 1.30 bits per heavy atom. The van der Waals surface area contributed by atoms with Gasteiger partial charge in [0.2, 0.25) is 0 Å². The van der Waals surface area contributed by atoms with E-state index in [1.807, 2.05) is 0 Å². The molecular weight excluding hydrogens is 301 g/mol. The van der Waals surface area contributed by atoms with Crippen LogP contribution in [0.25, 0.3) is 5.69 Å². The van der Waals surface area contributed by atoms with Gasteiger partial charge in [0.15, 0.2) is 5.69 Å². The highest BCUT2D eigenvalue weighted by atomic mass is 19.1. The summed E-state index contributed by atoms with van der Waals surface area (Å²) in [6, 6.07) is 10.2. The maximum absolute atomic E-state index is 13.7. The maximum Gasteiger partial charge on any atom is 0.272 e. The molecule has 0 aliphatic rings. The third kappa shape index (κ3) is 3.14. The topological polar surface area (TPSA) is 80.3 Å². The number of carbonyl (C=O) groups is 1. The Balaban J connectivity index is 1.78. The van der Waals surface area contributed by atoms with Crippen molar-refractivity contribution in [2.45, 2.75) is 6.04 Å². The fraction of sp³-hybridized carbons (Fsp3) is 0.125. The molecule has 7 heteroatoms. The lowest BCUT2D eigenvalue weighted by Gasteiger charge is -2.12. The van der Waals surface area contributed by atoms with Crippen LogP contribution in [-0.4, -0.2) is 27.4 Å². The molecule has 2 heterocycles. The SMILES string of the molecule is O=C(NC(CO)c1ccco1)c1ccn(-c2ccccc2F)n1. The van der Waals surface area contributed by atoms with E-state index >= 15 is 0 Å². The number of hydrogen-bond donors (Lipinski definition) is 2. The van der Waals surface area contributed by atoms with Gasteiger partial charge in [-0.1, -0.05) is 12.1 Å². The van der Waals surface area contributed by atoms with Crippen LogP contribution in [0.15, 0.2) is 59.3 Å². The van der Waals surface area contributed by atoms with Crippen molar-refractivity contribution in [1.82, 2.24) is 15.1 Å². The lowest BCUT2D eigenvalue weighted by Crippen LogP contribution is -2.30. The van der Waals surface area contributed by atoms with Gasteiger partial charge < -0.3 is 14.8 Å². The van der Waals surface area contributed by atoms with E-state index in [9.17, 15) is 14.3 Å². The van der Waals surface area contributed by atoms with Gasteiger partial charge in [0.1, 0.15) is 23.3 Å². The van der Waals surface area contributed by atoms with E-state index < -0.39 is 17.8 Å². The molecule has 0 saturated carbocycles. The van der Waals surface area contributed by atoms with Crippen molar-refractivity contribution in [2.75, 3.05) is 6.61 Å². The molecule has 1 amide bonds. The van der Waals surface area contributed by atoms with Gasteiger partial charge in [0, 0.05) is 6.20 Å². The third-order valence-corrected chi connectivity index (χ3v) is 3.30. The summed E-state index contributed by atoms with van der Waals surface area (Å²) in [7, 11) is 0. The summed E-state index contributed by atoms with van der Waals surface area (Å²) in [5.41, 5.74) is 0.356. The molecule has 0 fully saturated rings. The van der Waals surface area contributed by atoms with Gasteiger partial charge in [-0.3, -0.25) is 4.79 Å². The lowest BCUT2D eigenvalue weighted by atomic mass is 10.2. The highest BCUT2D eigenvalue weighted by Gasteiger charge is 2.19. The number of aromatic nitrogens is 2. The third-order valence-electron chi connectivity index (χ3n) is 3.30. The number of para-hydroxylation sites is 1. The molecule has 2 aromatic heterocycles. The number of carbonyl (C=O) groups excluding carboxylic acids is 1. The van der Waals surface area contributed by atoms with Gasteiger partial charge in [-0.25, -0.2) is 9.07 Å². The van der Waals surface area contributed by atoms with Gasteiger partial charge in [-0.05, 0) is 30.3 Å². The van der Waals surface area contributed by atoms with Gasteiger partial charge >= 0.3 is 0 Å². The van der Waals surface area contributed by atoms with Crippen molar-refractivity contribution in [3.05, 3.63) is 72.2 Å². The molecule has 2 N–H and O–H groups in total. The number of benzene rings is 1. The number of amides is 1. The van der Waals surface area contributed by atoms with Crippen LogP contribution in [-0.2, 0) is 0 Å². The van der Waals surface area contributed by atoms with Crippen LogP contribution in [0.2, 0.25) is 0 Å². The maximum atomic E-state index is 13.7. The molecule has 1 atom stereocenters. The standard InChI is InChI=1S/C16H14FN3O3/c17-11-4-1-2-5-14(11)20-8-7-12(19-20)16(22)18-13(10-21)15-6-3-9-23-15/h1-9,13,21H,10H2,(H,18,22). The van der Waals surface area contributed by atoms with E-state index in [2.05, 4.69) is 10.4 Å². The molecule has 0 aliphatic carbocycles. The number of aliphatic hydroxyl groups excluding tert-OH is 1. The van der Waals surface area contributed by atoms with Crippen molar-refractivity contribution in [3.8, 4) is 5.69 Å². The number of furan rings is 1. The summed E-state index contributed by atoms with van der Waals surface area (Å²) in [6.07, 6.45) is 2.95. The predicted molar refractivity (Wildman–Crippen MR) is 79.5 cm³/mol. The molecule has 23 heavy (non-hydrogen) atoms. The number of aliphatic hydroxyl groups is 1. The average molecular weight is 315 g/mol. The Kier molecular flexibility index (Phi) is 4.20. The second kappa shape index (κ2) is 6.45. The molecule has 118 valence electrons. The van der Waals surface area contributed by atoms with Crippen molar-refractivity contribution in [2.24, 2.45) is 0 Å². The summed E-state index contributed by atoms with van der Waals surface area (Å²) in [5, 5.41) is 16.0. The summed E-state index contributed by atoms with van der Waals surface area (Å²) >= 11 is 0. The molecule has 3 aromatic rings. The number of nitrogens with one attached hydrogen (secondary N) is 1. The van der Waals surface area contributed by atoms with Crippen LogP contribution < -0.4 is 5.32 Å². The molecule has 1 aromatic carbocycles. The first-order valence-electron chi connectivity index (χ1n) is 6.94. The first kappa shape index (κ1) is 15.0. The van der Waals surface area contributed by atoms with Gasteiger partial charge in [0.25, 0.3) is 5.91 Å². The van der Waals surface area contributed by atoms with E-state index in [-0.39, 0.29) is 18.0 Å². The molecule has 0 spiro atoms. The van der Waals surface area contributed by atoms with E-state index in [1.54, 1.807) is 30.3 Å². The monoisotopic (exact) mass is 315 g/mol. The van der Waals surface area contributed by atoms with E-state index in [1.165, 1.54) is 29.3 Å². The van der Waals surface area contributed by atoms with E-state index in [4.69, 9.17) is 4.42 Å². The smallest absolute Gasteiger partial charge is 0.272 e. The lowest BCUT2D eigenvalue weighted by molar-refractivity contribution is 0.0902. The highest BCUT2D eigenvalue weighted by molar-refractivity contribution is 5.92. The first-order chi connectivity index (χ1) is 11.2. The largest absolute Gasteiger partial charge is 0.467 e. The van der Waals surface area contributed by atoms with Crippen molar-refractivity contribution >= 4 is 5.91 Å². The highest BCUT2D eigenvalue weighted by Crippen LogP contribution is 2.15. The average Bonchev–Trinajstić information content (AvgIpc) is 3.24. The zero-order valence-corrected chi connectivity index (χ0v) is 12.0. The van der Waals surface area contributed by atoms with Crippen LogP contribution in [0.1, 0.15) is 22.3 Å². The summed E-state index contributed by atoms with van der Waals surface area (Å²) < 4.78 is 20.2. The molecular formula is C16H14FN3O3. The molecule has 0 saturated heterocycles. The van der Waals surface area contributed by atoms with Crippen LogP contribution >= 0.6 is 0 Å². The Morgan fingerprint density at radius 3 is 2.83 bits per heavy atom. The van der Waals surface area contributed by atoms with Crippen molar-refractivity contribution in [3.63, 3.8) is 0 Å². The summed E-state index contributed by atoms with van der Waals surface area (Å²) in [5.74, 6) is -0.490. The Labute approximate surface area is 131 Å². The summed E-state index contributed by atoms with van der Waals surface area (Å²) in [4.78, 5) is 12.2. The van der Waals surface area contributed by atoms with Crippen LogP contribution in [0.4, 0.5) is 4.39 Å². The second-order valence-electron chi connectivity index (χ2n) is 4.82. The minimum Gasteiger partial charge on any atom is -0.467 e. The van der Waals surface area contributed by atoms with Gasteiger partial charge in [-0.15, -0.1) is 0 Å². The van der Waals surface area contributed by atoms with Gasteiger partial charge in [-0.2, -0.15) is 5.10 Å². The molecule has 0 radical (unpaired) electrons. The second-order valence-corrected chi connectivity index (χ2v) is 4.82. The molecule has 0 aliphatic heterocycles.